The van der Waals surface area contributed by atoms with Gasteiger partial charge in [-0.25, -0.2) is 4.39 Å². The summed E-state index contributed by atoms with van der Waals surface area (Å²) < 4.78 is 22.5. The second-order valence-electron chi connectivity index (χ2n) is 9.08. The molecular weight excluding hydrogens is 463 g/mol. The molecule has 1 aliphatic carbocycles. The summed E-state index contributed by atoms with van der Waals surface area (Å²) in [4.78, 5) is 24.5. The summed E-state index contributed by atoms with van der Waals surface area (Å²) in [5.41, 5.74) is 1.93. The van der Waals surface area contributed by atoms with E-state index >= 15 is 4.39 Å². The normalized spacial score (nSPS) is 14.0. The highest BCUT2D eigenvalue weighted by Crippen LogP contribution is 2.48. The summed E-state index contributed by atoms with van der Waals surface area (Å²) in [6.45, 7) is 3.79. The number of halogens is 1. The number of aromatic nitrogens is 5. The molecule has 2 N–H and O–H groups in total. The van der Waals surface area contributed by atoms with Gasteiger partial charge in [-0.1, -0.05) is 24.3 Å². The number of hydrogen-bond acceptors (Lipinski definition) is 7. The number of aryl methyl sites for hydroxylation is 1. The number of aliphatic carboxylic acids is 1. The number of ether oxygens (including phenoxy) is 1. The molecule has 0 atom stereocenters. The van der Waals surface area contributed by atoms with E-state index in [0.29, 0.717) is 41.5 Å². The minimum Gasteiger partial charge on any atom is -0.481 e. The van der Waals surface area contributed by atoms with Gasteiger partial charge in [0.05, 0.1) is 35.7 Å². The smallest absolute Gasteiger partial charge is 0.314 e. The largest absolute Gasteiger partial charge is 0.481 e. The molecule has 0 bridgehead atoms. The number of nitrogens with one attached hydrogen (secondary N) is 1. The van der Waals surface area contributed by atoms with E-state index in [4.69, 9.17) is 4.74 Å². The quantitative estimate of drug-likeness (QED) is 0.366. The number of anilines is 2. The van der Waals surface area contributed by atoms with E-state index in [1.165, 1.54) is 24.7 Å². The van der Waals surface area contributed by atoms with Gasteiger partial charge in [-0.15, -0.1) is 0 Å². The number of carboxylic acids is 1. The van der Waals surface area contributed by atoms with E-state index in [0.717, 1.165) is 11.1 Å². The maximum absolute atomic E-state index is 15.3. The Morgan fingerprint density at radius 1 is 1.14 bits per heavy atom. The van der Waals surface area contributed by atoms with Crippen molar-refractivity contribution in [3.05, 3.63) is 66.5 Å². The van der Waals surface area contributed by atoms with Gasteiger partial charge in [0.1, 0.15) is 17.3 Å². The summed E-state index contributed by atoms with van der Waals surface area (Å²) in [6.07, 6.45) is 7.39. The van der Waals surface area contributed by atoms with Crippen LogP contribution in [0.25, 0.3) is 22.4 Å². The molecule has 3 aromatic heterocycles. The fraction of sp³-hybridized carbons (Fsp3) is 0.269. The molecule has 1 aliphatic rings. The number of benzene rings is 1. The number of hydrogen-bond donors (Lipinski definition) is 2. The molecule has 36 heavy (non-hydrogen) atoms. The van der Waals surface area contributed by atoms with Gasteiger partial charge in [0.25, 0.3) is 0 Å². The van der Waals surface area contributed by atoms with Crippen LogP contribution in [0, 0.1) is 5.82 Å². The number of nitrogens with zero attached hydrogens (tertiary/aromatic N) is 5. The molecule has 9 nitrogen and oxygen atoms in total. The number of carboxylic acid groups (broad SMARTS) is 1. The van der Waals surface area contributed by atoms with Crippen molar-refractivity contribution in [1.82, 2.24) is 24.7 Å². The lowest BCUT2D eigenvalue weighted by atomic mass is 9.94. The van der Waals surface area contributed by atoms with E-state index in [9.17, 15) is 9.90 Å². The molecule has 0 saturated heterocycles. The van der Waals surface area contributed by atoms with Crippen molar-refractivity contribution in [3.63, 3.8) is 0 Å². The minimum absolute atomic E-state index is 0.0539. The first-order valence-electron chi connectivity index (χ1n) is 11.5. The third kappa shape index (κ3) is 4.37. The molecule has 1 fully saturated rings. The SMILES string of the molecule is CC(C)Oc1cncc(Nc2c(-c3ncc(-c4ccc(C5(C(=O)O)CC5)cc4)cc3F)cnn2C)n1. The minimum atomic E-state index is -0.807. The van der Waals surface area contributed by atoms with Gasteiger partial charge in [-0.3, -0.25) is 19.4 Å². The third-order valence-electron chi connectivity index (χ3n) is 6.18. The van der Waals surface area contributed by atoms with E-state index in [1.54, 1.807) is 42.2 Å². The predicted octanol–water partition coefficient (Wildman–Crippen LogP) is 4.73. The van der Waals surface area contributed by atoms with Crippen LogP contribution in [0.5, 0.6) is 5.88 Å². The van der Waals surface area contributed by atoms with Crippen LogP contribution in [0.15, 0.2) is 55.1 Å². The van der Waals surface area contributed by atoms with E-state index < -0.39 is 17.2 Å². The summed E-state index contributed by atoms with van der Waals surface area (Å²) in [6, 6.07) is 8.61. The second-order valence-corrected chi connectivity index (χ2v) is 9.08. The number of carbonyl (C=O) groups is 1. The first-order valence-corrected chi connectivity index (χ1v) is 11.5. The first kappa shape index (κ1) is 23.4. The van der Waals surface area contributed by atoms with Crippen molar-refractivity contribution in [2.75, 3.05) is 5.32 Å². The third-order valence-corrected chi connectivity index (χ3v) is 6.18. The number of pyridine rings is 1. The highest BCUT2D eigenvalue weighted by Gasteiger charge is 2.51. The van der Waals surface area contributed by atoms with Gasteiger partial charge in [0.15, 0.2) is 5.82 Å². The van der Waals surface area contributed by atoms with Gasteiger partial charge < -0.3 is 15.2 Å². The zero-order chi connectivity index (χ0) is 25.4. The fourth-order valence-electron chi connectivity index (χ4n) is 4.11. The van der Waals surface area contributed by atoms with Crippen LogP contribution >= 0.6 is 0 Å². The lowest BCUT2D eigenvalue weighted by Gasteiger charge is -2.12. The summed E-state index contributed by atoms with van der Waals surface area (Å²) in [7, 11) is 1.73. The van der Waals surface area contributed by atoms with Crippen molar-refractivity contribution < 1.29 is 19.0 Å². The Morgan fingerprint density at radius 2 is 1.89 bits per heavy atom. The Kier molecular flexibility index (Phi) is 5.87. The molecule has 1 aromatic carbocycles. The van der Waals surface area contributed by atoms with Gasteiger partial charge in [-0.2, -0.15) is 10.1 Å². The maximum atomic E-state index is 15.3. The van der Waals surface area contributed by atoms with Crippen LogP contribution in [-0.2, 0) is 17.3 Å². The summed E-state index contributed by atoms with van der Waals surface area (Å²) in [5.74, 6) is -0.0321. The van der Waals surface area contributed by atoms with Crippen molar-refractivity contribution in [2.24, 2.45) is 7.05 Å². The fourth-order valence-corrected chi connectivity index (χ4v) is 4.11. The van der Waals surface area contributed by atoms with E-state index in [1.807, 2.05) is 13.8 Å². The van der Waals surface area contributed by atoms with Crippen molar-refractivity contribution >= 4 is 17.6 Å². The van der Waals surface area contributed by atoms with Gasteiger partial charge in [-0.05, 0) is 43.9 Å². The average Bonchev–Trinajstić information content (AvgIpc) is 3.59. The zero-order valence-electron chi connectivity index (χ0n) is 20.1. The Balaban J connectivity index is 1.41. The lowest BCUT2D eigenvalue weighted by molar-refractivity contribution is -0.140. The van der Waals surface area contributed by atoms with Crippen molar-refractivity contribution in [3.8, 4) is 28.3 Å². The average molecular weight is 489 g/mol. The van der Waals surface area contributed by atoms with Crippen molar-refractivity contribution in [2.45, 2.75) is 38.2 Å². The summed E-state index contributed by atoms with van der Waals surface area (Å²) >= 11 is 0. The number of rotatable bonds is 8. The van der Waals surface area contributed by atoms with Crippen LogP contribution in [0.3, 0.4) is 0 Å². The van der Waals surface area contributed by atoms with E-state index in [-0.39, 0.29) is 11.8 Å². The standard InChI is InChI=1S/C26H25FN6O3/c1-15(2)36-22-14-28-13-21(31-22)32-24-19(12-30-33(24)3)23-20(27)10-17(11-29-23)16-4-6-18(7-5-16)26(8-9-26)25(34)35/h4-7,10-15H,8-9H2,1-3H3,(H,31,32)(H,34,35). The summed E-state index contributed by atoms with van der Waals surface area (Å²) in [5, 5.41) is 16.9. The van der Waals surface area contributed by atoms with Crippen LogP contribution in [0.2, 0.25) is 0 Å². The molecule has 4 aromatic rings. The predicted molar refractivity (Wildman–Crippen MR) is 131 cm³/mol. The molecule has 0 radical (unpaired) electrons. The highest BCUT2D eigenvalue weighted by molar-refractivity contribution is 5.85. The molecule has 5 rings (SSSR count). The molecule has 0 spiro atoms. The lowest BCUT2D eigenvalue weighted by Crippen LogP contribution is -2.19. The van der Waals surface area contributed by atoms with Gasteiger partial charge in [0, 0.05) is 18.8 Å². The van der Waals surface area contributed by atoms with Gasteiger partial charge in [0.2, 0.25) is 5.88 Å². The molecule has 0 unspecified atom stereocenters. The highest BCUT2D eigenvalue weighted by atomic mass is 19.1. The monoisotopic (exact) mass is 488 g/mol. The topological polar surface area (TPSA) is 115 Å². The van der Waals surface area contributed by atoms with Crippen LogP contribution in [-0.4, -0.2) is 41.9 Å². The molecule has 0 amide bonds. The molecular formula is C26H25FN6O3. The Hall–Kier alpha value is -4.34. The Bertz CT molecular complexity index is 1430. The second kappa shape index (κ2) is 9.03. The Morgan fingerprint density at radius 3 is 2.53 bits per heavy atom. The molecule has 10 heteroatoms. The van der Waals surface area contributed by atoms with Crippen LogP contribution in [0.4, 0.5) is 16.0 Å². The van der Waals surface area contributed by atoms with E-state index in [2.05, 4.69) is 25.4 Å². The molecule has 1 saturated carbocycles. The van der Waals surface area contributed by atoms with Crippen LogP contribution in [0.1, 0.15) is 32.3 Å². The molecule has 3 heterocycles. The first-order chi connectivity index (χ1) is 17.3. The molecule has 184 valence electrons. The maximum Gasteiger partial charge on any atom is 0.314 e. The van der Waals surface area contributed by atoms with Gasteiger partial charge >= 0.3 is 5.97 Å². The molecule has 0 aliphatic heterocycles. The van der Waals surface area contributed by atoms with Crippen LogP contribution < -0.4 is 10.1 Å². The van der Waals surface area contributed by atoms with Crippen molar-refractivity contribution in [1.29, 1.82) is 0 Å². The zero-order valence-corrected chi connectivity index (χ0v) is 20.1. The Labute approximate surface area is 207 Å².